The van der Waals surface area contributed by atoms with Crippen LogP contribution in [0.3, 0.4) is 0 Å². The minimum atomic E-state index is 0.534. The van der Waals surface area contributed by atoms with Crippen LogP contribution in [0.4, 0.5) is 0 Å². The molecule has 0 radical (unpaired) electrons. The maximum Gasteiger partial charge on any atom is 0.0248 e. The van der Waals surface area contributed by atoms with E-state index in [9.17, 15) is 0 Å². The Labute approximate surface area is 119 Å². The summed E-state index contributed by atoms with van der Waals surface area (Å²) in [5.74, 6) is 0.716. The van der Waals surface area contributed by atoms with Crippen LogP contribution in [0.25, 0.3) is 0 Å². The Bertz CT molecular complexity index is 405. The van der Waals surface area contributed by atoms with Crippen molar-refractivity contribution in [2.24, 2.45) is 11.7 Å². The van der Waals surface area contributed by atoms with E-state index in [1.165, 1.54) is 35.0 Å². The van der Waals surface area contributed by atoms with E-state index in [1.54, 1.807) is 0 Å². The third-order valence-corrected chi connectivity index (χ3v) is 4.79. The van der Waals surface area contributed by atoms with Crippen molar-refractivity contribution < 1.29 is 0 Å². The molecule has 2 rings (SSSR count). The highest BCUT2D eigenvalue weighted by Crippen LogP contribution is 2.27. The molecule has 1 aliphatic heterocycles. The van der Waals surface area contributed by atoms with Gasteiger partial charge in [-0.15, -0.1) is 0 Å². The van der Waals surface area contributed by atoms with Crippen LogP contribution in [-0.2, 0) is 6.54 Å². The zero-order chi connectivity index (χ0) is 13.1. The van der Waals surface area contributed by atoms with Gasteiger partial charge in [0.15, 0.2) is 0 Å². The Kier molecular flexibility index (Phi) is 4.82. The quantitative estimate of drug-likeness (QED) is 0.928. The SMILES string of the molecule is Cc1ccc(CN2CCCC(C)C2CN)c(Br)c1. The molecule has 0 aliphatic carbocycles. The number of nitrogens with two attached hydrogens (primary N) is 1. The molecule has 1 aliphatic rings. The van der Waals surface area contributed by atoms with Crippen LogP contribution in [-0.4, -0.2) is 24.0 Å². The molecule has 2 atom stereocenters. The highest BCUT2D eigenvalue weighted by Gasteiger charge is 2.27. The van der Waals surface area contributed by atoms with Gasteiger partial charge in [-0.3, -0.25) is 4.90 Å². The van der Waals surface area contributed by atoms with Gasteiger partial charge in [0, 0.05) is 23.6 Å². The van der Waals surface area contributed by atoms with Crippen LogP contribution < -0.4 is 5.73 Å². The Morgan fingerprint density at radius 2 is 2.22 bits per heavy atom. The summed E-state index contributed by atoms with van der Waals surface area (Å²) in [5.41, 5.74) is 8.61. The van der Waals surface area contributed by atoms with Crippen LogP contribution in [0, 0.1) is 12.8 Å². The molecule has 0 spiro atoms. The zero-order valence-electron chi connectivity index (χ0n) is 11.3. The second-order valence-corrected chi connectivity index (χ2v) is 6.34. The number of hydrogen-bond donors (Lipinski definition) is 1. The molecule has 2 nitrogen and oxygen atoms in total. The summed E-state index contributed by atoms with van der Waals surface area (Å²) in [6.07, 6.45) is 2.61. The number of nitrogens with zero attached hydrogens (tertiary/aromatic N) is 1. The van der Waals surface area contributed by atoms with Crippen molar-refractivity contribution in [3.8, 4) is 0 Å². The molecule has 3 heteroatoms. The van der Waals surface area contributed by atoms with Crippen LogP contribution >= 0.6 is 15.9 Å². The lowest BCUT2D eigenvalue weighted by molar-refractivity contribution is 0.0989. The van der Waals surface area contributed by atoms with Gasteiger partial charge in [-0.1, -0.05) is 35.0 Å². The first-order valence-electron chi connectivity index (χ1n) is 6.81. The van der Waals surface area contributed by atoms with Crippen molar-refractivity contribution in [3.63, 3.8) is 0 Å². The first-order valence-corrected chi connectivity index (χ1v) is 7.60. The fraction of sp³-hybridized carbons (Fsp3) is 0.600. The van der Waals surface area contributed by atoms with E-state index in [1.807, 2.05) is 0 Å². The molecule has 0 bridgehead atoms. The van der Waals surface area contributed by atoms with E-state index in [-0.39, 0.29) is 0 Å². The van der Waals surface area contributed by atoms with E-state index in [2.05, 4.69) is 52.9 Å². The lowest BCUT2D eigenvalue weighted by Gasteiger charge is -2.39. The standard InChI is InChI=1S/C15H23BrN2/c1-11-5-6-13(14(16)8-11)10-18-7-3-4-12(2)15(18)9-17/h5-6,8,12,15H,3-4,7,9-10,17H2,1-2H3. The van der Waals surface area contributed by atoms with Gasteiger partial charge in [-0.25, -0.2) is 0 Å². The van der Waals surface area contributed by atoms with E-state index in [0.29, 0.717) is 12.0 Å². The molecule has 0 saturated carbocycles. The number of likely N-dealkylation sites (tertiary alicyclic amines) is 1. The molecule has 0 aromatic heterocycles. The number of rotatable bonds is 3. The maximum absolute atomic E-state index is 5.95. The lowest BCUT2D eigenvalue weighted by Crippen LogP contribution is -2.48. The topological polar surface area (TPSA) is 29.3 Å². The number of aryl methyl sites for hydroxylation is 1. The van der Waals surface area contributed by atoms with E-state index >= 15 is 0 Å². The lowest BCUT2D eigenvalue weighted by atomic mass is 9.90. The largest absolute Gasteiger partial charge is 0.329 e. The number of benzene rings is 1. The minimum Gasteiger partial charge on any atom is -0.329 e. The summed E-state index contributed by atoms with van der Waals surface area (Å²) in [6.45, 7) is 7.40. The van der Waals surface area contributed by atoms with Crippen molar-refractivity contribution in [2.75, 3.05) is 13.1 Å². The molecule has 100 valence electrons. The van der Waals surface area contributed by atoms with E-state index < -0.39 is 0 Å². The second kappa shape index (κ2) is 6.18. The predicted molar refractivity (Wildman–Crippen MR) is 80.5 cm³/mol. The van der Waals surface area contributed by atoms with Gasteiger partial charge in [0.05, 0.1) is 0 Å². The van der Waals surface area contributed by atoms with Gasteiger partial charge < -0.3 is 5.73 Å². The van der Waals surface area contributed by atoms with Gasteiger partial charge in [-0.05, 0) is 49.4 Å². The number of halogens is 1. The smallest absolute Gasteiger partial charge is 0.0248 e. The summed E-state index contributed by atoms with van der Waals surface area (Å²) < 4.78 is 1.22. The van der Waals surface area contributed by atoms with Crippen LogP contribution in [0.15, 0.2) is 22.7 Å². The van der Waals surface area contributed by atoms with Crippen molar-refractivity contribution in [3.05, 3.63) is 33.8 Å². The van der Waals surface area contributed by atoms with Crippen LogP contribution in [0.1, 0.15) is 30.9 Å². The third-order valence-electron chi connectivity index (χ3n) is 4.05. The highest BCUT2D eigenvalue weighted by atomic mass is 79.9. The second-order valence-electron chi connectivity index (χ2n) is 5.49. The van der Waals surface area contributed by atoms with Gasteiger partial charge in [0.2, 0.25) is 0 Å². The normalized spacial score (nSPS) is 25.3. The summed E-state index contributed by atoms with van der Waals surface area (Å²) in [4.78, 5) is 2.55. The first kappa shape index (κ1) is 14.0. The summed E-state index contributed by atoms with van der Waals surface area (Å²) in [7, 11) is 0. The minimum absolute atomic E-state index is 0.534. The molecule has 1 fully saturated rings. The molecule has 18 heavy (non-hydrogen) atoms. The Morgan fingerprint density at radius 3 is 2.89 bits per heavy atom. The van der Waals surface area contributed by atoms with E-state index in [4.69, 9.17) is 5.73 Å². The van der Waals surface area contributed by atoms with E-state index in [0.717, 1.165) is 13.1 Å². The van der Waals surface area contributed by atoms with Crippen molar-refractivity contribution in [2.45, 2.75) is 39.3 Å². The molecular formula is C15H23BrN2. The molecular weight excluding hydrogens is 288 g/mol. The average Bonchev–Trinajstić information content (AvgIpc) is 2.33. The molecule has 1 aromatic carbocycles. The average molecular weight is 311 g/mol. The fourth-order valence-electron chi connectivity index (χ4n) is 2.91. The fourth-order valence-corrected chi connectivity index (χ4v) is 3.53. The zero-order valence-corrected chi connectivity index (χ0v) is 12.9. The van der Waals surface area contributed by atoms with Crippen molar-refractivity contribution >= 4 is 15.9 Å². The predicted octanol–water partition coefficient (Wildman–Crippen LogP) is 3.32. The molecule has 1 heterocycles. The van der Waals surface area contributed by atoms with Crippen molar-refractivity contribution in [1.29, 1.82) is 0 Å². The van der Waals surface area contributed by atoms with Crippen LogP contribution in [0.2, 0.25) is 0 Å². The number of hydrogen-bond acceptors (Lipinski definition) is 2. The number of piperidine rings is 1. The third kappa shape index (κ3) is 3.14. The first-order chi connectivity index (χ1) is 8.61. The summed E-state index contributed by atoms with van der Waals surface area (Å²) in [6, 6.07) is 7.14. The molecule has 2 unspecified atom stereocenters. The Balaban J connectivity index is 2.11. The molecule has 0 amide bonds. The molecule has 1 aromatic rings. The monoisotopic (exact) mass is 310 g/mol. The van der Waals surface area contributed by atoms with Gasteiger partial charge in [0.1, 0.15) is 0 Å². The molecule has 2 N–H and O–H groups in total. The van der Waals surface area contributed by atoms with Crippen LogP contribution in [0.5, 0.6) is 0 Å². The summed E-state index contributed by atoms with van der Waals surface area (Å²) in [5, 5.41) is 0. The molecule has 1 saturated heterocycles. The Hall–Kier alpha value is -0.380. The van der Waals surface area contributed by atoms with Gasteiger partial charge >= 0.3 is 0 Å². The maximum atomic E-state index is 5.95. The Morgan fingerprint density at radius 1 is 1.44 bits per heavy atom. The van der Waals surface area contributed by atoms with Gasteiger partial charge in [0.25, 0.3) is 0 Å². The summed E-state index contributed by atoms with van der Waals surface area (Å²) >= 11 is 3.67. The highest BCUT2D eigenvalue weighted by molar-refractivity contribution is 9.10. The van der Waals surface area contributed by atoms with Crippen molar-refractivity contribution in [1.82, 2.24) is 4.90 Å². The van der Waals surface area contributed by atoms with Gasteiger partial charge in [-0.2, -0.15) is 0 Å².